The predicted molar refractivity (Wildman–Crippen MR) is 80.3 cm³/mol. The summed E-state index contributed by atoms with van der Waals surface area (Å²) < 4.78 is 19.7. The highest BCUT2D eigenvalue weighted by molar-refractivity contribution is 5.20. The highest BCUT2D eigenvalue weighted by Crippen LogP contribution is 2.38. The SMILES string of the molecule is CC(C)CNCC1(Cc2ccccc2F)CCOC1C. The first kappa shape index (κ1) is 15.5. The van der Waals surface area contributed by atoms with E-state index in [1.165, 1.54) is 0 Å². The van der Waals surface area contributed by atoms with Crippen LogP contribution in [0.2, 0.25) is 0 Å². The van der Waals surface area contributed by atoms with Crippen LogP contribution in [0.3, 0.4) is 0 Å². The van der Waals surface area contributed by atoms with Crippen molar-refractivity contribution in [3.8, 4) is 0 Å². The molecule has 2 nitrogen and oxygen atoms in total. The van der Waals surface area contributed by atoms with Crippen LogP contribution in [0.5, 0.6) is 0 Å². The fourth-order valence-corrected chi connectivity index (χ4v) is 2.98. The Morgan fingerprint density at radius 3 is 2.75 bits per heavy atom. The van der Waals surface area contributed by atoms with Gasteiger partial charge in [-0.15, -0.1) is 0 Å². The Kier molecular flexibility index (Phi) is 5.17. The smallest absolute Gasteiger partial charge is 0.126 e. The summed E-state index contributed by atoms with van der Waals surface area (Å²) in [7, 11) is 0. The zero-order valence-electron chi connectivity index (χ0n) is 12.8. The molecule has 0 spiro atoms. The lowest BCUT2D eigenvalue weighted by Gasteiger charge is -2.33. The Labute approximate surface area is 121 Å². The predicted octanol–water partition coefficient (Wildman–Crippen LogP) is 3.41. The first-order valence-corrected chi connectivity index (χ1v) is 7.59. The van der Waals surface area contributed by atoms with Crippen LogP contribution in [0.15, 0.2) is 24.3 Å². The highest BCUT2D eigenvalue weighted by atomic mass is 19.1. The van der Waals surface area contributed by atoms with Gasteiger partial charge in [-0.2, -0.15) is 0 Å². The van der Waals surface area contributed by atoms with Crippen LogP contribution >= 0.6 is 0 Å². The number of rotatable bonds is 6. The van der Waals surface area contributed by atoms with E-state index in [0.29, 0.717) is 5.92 Å². The normalized spacial score (nSPS) is 26.4. The first-order valence-electron chi connectivity index (χ1n) is 7.59. The van der Waals surface area contributed by atoms with Gasteiger partial charge < -0.3 is 10.1 Å². The third-order valence-corrected chi connectivity index (χ3v) is 4.36. The lowest BCUT2D eigenvalue weighted by Crippen LogP contribution is -2.42. The molecule has 1 aromatic rings. The van der Waals surface area contributed by atoms with Gasteiger partial charge in [0.2, 0.25) is 0 Å². The molecule has 1 aliphatic rings. The molecular formula is C17H26FNO. The van der Waals surface area contributed by atoms with E-state index in [-0.39, 0.29) is 17.3 Å². The fraction of sp³-hybridized carbons (Fsp3) is 0.647. The van der Waals surface area contributed by atoms with Gasteiger partial charge in [0.15, 0.2) is 0 Å². The summed E-state index contributed by atoms with van der Waals surface area (Å²) in [6.45, 7) is 9.17. The molecule has 1 aromatic carbocycles. The van der Waals surface area contributed by atoms with Gasteiger partial charge in [-0.25, -0.2) is 4.39 Å². The van der Waals surface area contributed by atoms with E-state index in [4.69, 9.17) is 4.74 Å². The average Bonchev–Trinajstić information content (AvgIpc) is 2.74. The number of ether oxygens (including phenoxy) is 1. The first-order chi connectivity index (χ1) is 9.53. The lowest BCUT2D eigenvalue weighted by atomic mass is 9.76. The molecule has 0 aliphatic carbocycles. The molecule has 1 saturated heterocycles. The van der Waals surface area contributed by atoms with E-state index in [2.05, 4.69) is 26.1 Å². The summed E-state index contributed by atoms with van der Waals surface area (Å²) in [4.78, 5) is 0. The number of nitrogens with one attached hydrogen (secondary N) is 1. The second-order valence-corrected chi connectivity index (χ2v) is 6.42. The Bertz CT molecular complexity index is 435. The number of halogens is 1. The summed E-state index contributed by atoms with van der Waals surface area (Å²) in [6.07, 6.45) is 1.90. The van der Waals surface area contributed by atoms with E-state index in [1.54, 1.807) is 12.1 Å². The molecule has 1 fully saturated rings. The van der Waals surface area contributed by atoms with Crippen molar-refractivity contribution in [2.45, 2.75) is 39.7 Å². The Morgan fingerprint density at radius 1 is 1.40 bits per heavy atom. The van der Waals surface area contributed by atoms with E-state index >= 15 is 0 Å². The maximum absolute atomic E-state index is 13.9. The number of hydrogen-bond acceptors (Lipinski definition) is 2. The molecular weight excluding hydrogens is 253 g/mol. The highest BCUT2D eigenvalue weighted by Gasteiger charge is 2.41. The molecule has 1 aliphatic heterocycles. The minimum Gasteiger partial charge on any atom is -0.378 e. The van der Waals surface area contributed by atoms with Crippen LogP contribution in [-0.2, 0) is 11.2 Å². The summed E-state index contributed by atoms with van der Waals surface area (Å²) in [6, 6.07) is 7.10. The van der Waals surface area contributed by atoms with Crippen molar-refractivity contribution in [3.05, 3.63) is 35.6 Å². The molecule has 0 aromatic heterocycles. The van der Waals surface area contributed by atoms with E-state index in [1.807, 2.05) is 12.1 Å². The minimum atomic E-state index is -0.102. The van der Waals surface area contributed by atoms with Gasteiger partial charge in [0, 0.05) is 18.6 Å². The van der Waals surface area contributed by atoms with E-state index in [9.17, 15) is 4.39 Å². The third-order valence-electron chi connectivity index (χ3n) is 4.36. The van der Waals surface area contributed by atoms with Gasteiger partial charge >= 0.3 is 0 Å². The zero-order valence-corrected chi connectivity index (χ0v) is 12.8. The van der Waals surface area contributed by atoms with Gasteiger partial charge in [-0.1, -0.05) is 32.0 Å². The lowest BCUT2D eigenvalue weighted by molar-refractivity contribution is 0.0623. The largest absolute Gasteiger partial charge is 0.378 e. The van der Waals surface area contributed by atoms with E-state index in [0.717, 1.165) is 38.1 Å². The van der Waals surface area contributed by atoms with Crippen molar-refractivity contribution in [1.29, 1.82) is 0 Å². The second-order valence-electron chi connectivity index (χ2n) is 6.42. The maximum atomic E-state index is 13.9. The van der Waals surface area contributed by atoms with Gasteiger partial charge in [0.25, 0.3) is 0 Å². The molecule has 112 valence electrons. The molecule has 2 rings (SSSR count). The van der Waals surface area contributed by atoms with Crippen molar-refractivity contribution in [1.82, 2.24) is 5.32 Å². The Hall–Kier alpha value is -0.930. The second kappa shape index (κ2) is 6.68. The van der Waals surface area contributed by atoms with Crippen molar-refractivity contribution in [2.24, 2.45) is 11.3 Å². The summed E-state index contributed by atoms with van der Waals surface area (Å²) in [5, 5.41) is 3.54. The molecule has 0 radical (unpaired) electrons. The molecule has 0 saturated carbocycles. The van der Waals surface area contributed by atoms with Crippen LogP contribution in [0, 0.1) is 17.2 Å². The molecule has 3 heteroatoms. The molecule has 0 amide bonds. The van der Waals surface area contributed by atoms with Crippen molar-refractivity contribution in [3.63, 3.8) is 0 Å². The fourth-order valence-electron chi connectivity index (χ4n) is 2.98. The molecule has 2 unspecified atom stereocenters. The molecule has 2 atom stereocenters. The van der Waals surface area contributed by atoms with Gasteiger partial charge in [-0.3, -0.25) is 0 Å². The molecule has 1 heterocycles. The van der Waals surface area contributed by atoms with Crippen molar-refractivity contribution >= 4 is 0 Å². The number of benzene rings is 1. The Morgan fingerprint density at radius 2 is 2.15 bits per heavy atom. The average molecular weight is 279 g/mol. The molecule has 1 N–H and O–H groups in total. The standard InChI is InChI=1S/C17H26FNO/c1-13(2)11-19-12-17(8-9-20-14(17)3)10-15-6-4-5-7-16(15)18/h4-7,13-14,19H,8-12H2,1-3H3. The molecule has 20 heavy (non-hydrogen) atoms. The molecule has 0 bridgehead atoms. The number of hydrogen-bond donors (Lipinski definition) is 1. The monoisotopic (exact) mass is 279 g/mol. The minimum absolute atomic E-state index is 0.0110. The quantitative estimate of drug-likeness (QED) is 0.861. The van der Waals surface area contributed by atoms with Crippen LogP contribution in [0.25, 0.3) is 0 Å². The van der Waals surface area contributed by atoms with Crippen molar-refractivity contribution < 1.29 is 9.13 Å². The third kappa shape index (κ3) is 3.58. The van der Waals surface area contributed by atoms with Crippen LogP contribution in [0.4, 0.5) is 4.39 Å². The topological polar surface area (TPSA) is 21.3 Å². The van der Waals surface area contributed by atoms with Gasteiger partial charge in [0.05, 0.1) is 6.10 Å². The van der Waals surface area contributed by atoms with Crippen LogP contribution in [-0.4, -0.2) is 25.8 Å². The maximum Gasteiger partial charge on any atom is 0.126 e. The van der Waals surface area contributed by atoms with Gasteiger partial charge in [-0.05, 0) is 43.9 Å². The summed E-state index contributed by atoms with van der Waals surface area (Å²) >= 11 is 0. The zero-order chi connectivity index (χ0) is 14.6. The van der Waals surface area contributed by atoms with Crippen molar-refractivity contribution in [2.75, 3.05) is 19.7 Å². The summed E-state index contributed by atoms with van der Waals surface area (Å²) in [5.41, 5.74) is 0.813. The van der Waals surface area contributed by atoms with Crippen LogP contribution in [0.1, 0.15) is 32.8 Å². The van der Waals surface area contributed by atoms with Gasteiger partial charge in [0.1, 0.15) is 5.82 Å². The Balaban J connectivity index is 2.09. The summed E-state index contributed by atoms with van der Waals surface area (Å²) in [5.74, 6) is 0.521. The van der Waals surface area contributed by atoms with E-state index < -0.39 is 0 Å². The van der Waals surface area contributed by atoms with Crippen LogP contribution < -0.4 is 5.32 Å².